The van der Waals surface area contributed by atoms with Crippen molar-refractivity contribution in [2.75, 3.05) is 6.54 Å². The lowest BCUT2D eigenvalue weighted by molar-refractivity contribution is -0.141. The molecule has 5 rings (SSSR count). The second-order valence-electron chi connectivity index (χ2n) is 9.52. The molecule has 0 spiro atoms. The minimum atomic E-state index is -0.750. The minimum absolute atomic E-state index is 0.0123. The van der Waals surface area contributed by atoms with Gasteiger partial charge in [-0.2, -0.15) is 0 Å². The number of benzene rings is 3. The molecule has 1 aliphatic carbocycles. The highest BCUT2D eigenvalue weighted by Crippen LogP contribution is 2.46. The smallest absolute Gasteiger partial charge is 0.311 e. The van der Waals surface area contributed by atoms with Crippen molar-refractivity contribution in [3.63, 3.8) is 0 Å². The average Bonchev–Trinajstić information content (AvgIpc) is 2.84. The third-order valence-corrected chi connectivity index (χ3v) is 7.38. The van der Waals surface area contributed by atoms with Crippen LogP contribution in [0.25, 0.3) is 10.8 Å². The van der Waals surface area contributed by atoms with E-state index in [4.69, 9.17) is 4.74 Å². The molecule has 174 valence electrons. The highest BCUT2D eigenvalue weighted by Gasteiger charge is 2.38. The Labute approximate surface area is 201 Å². The molecule has 1 heterocycles. The molecule has 0 saturated heterocycles. The molecular weight excluding hydrogens is 422 g/mol. The molecule has 4 heteroatoms. The van der Waals surface area contributed by atoms with Crippen LogP contribution in [-0.4, -0.2) is 23.7 Å². The number of fused-ring (bicyclic) bond motifs is 2. The van der Waals surface area contributed by atoms with Crippen molar-refractivity contribution in [2.45, 2.75) is 38.8 Å². The van der Waals surface area contributed by atoms with Crippen LogP contribution in [0.3, 0.4) is 0 Å². The standard InChI is InChI=1S/C30H31NO3/c1-19-14-15-24(20(2)29(19)30(32)33)27-16-23(34-28-13-6-5-12-26(27)28)18-31-17-22-10-7-9-21-8-3-4-11-25(21)22/h3-15,20,23,27,29,31H,16-18H2,1-2H3,(H,32,33)/t20?,23-,27+,29?/m1/s1. The van der Waals surface area contributed by atoms with Crippen LogP contribution in [0.2, 0.25) is 0 Å². The van der Waals surface area contributed by atoms with Crippen LogP contribution in [-0.2, 0) is 11.3 Å². The number of rotatable bonds is 6. The SMILES string of the molecule is CC1=CC=C([C@@H]2C[C@H](CNCc3cccc4ccccc34)Oc3ccccc32)C(C)C1C(=O)O. The van der Waals surface area contributed by atoms with Crippen molar-refractivity contribution >= 4 is 16.7 Å². The minimum Gasteiger partial charge on any atom is -0.489 e. The van der Waals surface area contributed by atoms with E-state index in [0.29, 0.717) is 0 Å². The van der Waals surface area contributed by atoms with E-state index >= 15 is 0 Å². The number of hydrogen-bond acceptors (Lipinski definition) is 3. The number of carboxylic acid groups (broad SMARTS) is 1. The lowest BCUT2D eigenvalue weighted by atomic mass is 9.70. The van der Waals surface area contributed by atoms with Crippen molar-refractivity contribution in [1.82, 2.24) is 5.32 Å². The zero-order valence-corrected chi connectivity index (χ0v) is 19.7. The van der Waals surface area contributed by atoms with Gasteiger partial charge < -0.3 is 15.2 Å². The lowest BCUT2D eigenvalue weighted by Gasteiger charge is -2.38. The number of hydrogen-bond donors (Lipinski definition) is 2. The number of carboxylic acids is 1. The lowest BCUT2D eigenvalue weighted by Crippen LogP contribution is -2.37. The molecule has 3 aromatic carbocycles. The fraction of sp³-hybridized carbons (Fsp3) is 0.300. The summed E-state index contributed by atoms with van der Waals surface area (Å²) in [5.41, 5.74) is 4.53. The molecule has 0 radical (unpaired) electrons. The number of para-hydroxylation sites is 1. The summed E-state index contributed by atoms with van der Waals surface area (Å²) >= 11 is 0. The van der Waals surface area contributed by atoms with E-state index in [1.165, 1.54) is 21.9 Å². The van der Waals surface area contributed by atoms with Gasteiger partial charge in [-0.1, -0.05) is 90.9 Å². The van der Waals surface area contributed by atoms with Gasteiger partial charge in [-0.15, -0.1) is 0 Å². The Hall–Kier alpha value is -3.37. The van der Waals surface area contributed by atoms with E-state index in [9.17, 15) is 9.90 Å². The average molecular weight is 454 g/mol. The van der Waals surface area contributed by atoms with E-state index in [1.54, 1.807) is 0 Å². The van der Waals surface area contributed by atoms with Crippen LogP contribution in [0.15, 0.2) is 90.0 Å². The van der Waals surface area contributed by atoms with E-state index < -0.39 is 11.9 Å². The predicted octanol–water partition coefficient (Wildman–Crippen LogP) is 6.09. The van der Waals surface area contributed by atoms with Gasteiger partial charge in [-0.3, -0.25) is 4.79 Å². The second kappa shape index (κ2) is 9.47. The fourth-order valence-electron chi connectivity index (χ4n) is 5.66. The summed E-state index contributed by atoms with van der Waals surface area (Å²) in [6.07, 6.45) is 4.97. The number of carbonyl (C=O) groups is 1. The highest BCUT2D eigenvalue weighted by atomic mass is 16.5. The molecule has 0 amide bonds. The largest absolute Gasteiger partial charge is 0.489 e. The Morgan fingerprint density at radius 3 is 2.65 bits per heavy atom. The zero-order chi connectivity index (χ0) is 23.7. The Morgan fingerprint density at radius 2 is 1.79 bits per heavy atom. The summed E-state index contributed by atoms with van der Waals surface area (Å²) in [6, 6.07) is 23.1. The Kier molecular flexibility index (Phi) is 6.25. The van der Waals surface area contributed by atoms with Crippen LogP contribution in [0.4, 0.5) is 0 Å². The molecule has 0 aromatic heterocycles. The van der Waals surface area contributed by atoms with Crippen LogP contribution in [0.1, 0.15) is 37.3 Å². The zero-order valence-electron chi connectivity index (χ0n) is 19.7. The molecular formula is C30H31NO3. The number of ether oxygens (including phenoxy) is 1. The molecule has 2 aliphatic rings. The molecule has 2 unspecified atom stereocenters. The molecule has 0 bridgehead atoms. The van der Waals surface area contributed by atoms with Gasteiger partial charge >= 0.3 is 5.97 Å². The Bertz CT molecular complexity index is 1270. The monoisotopic (exact) mass is 453 g/mol. The van der Waals surface area contributed by atoms with E-state index in [0.717, 1.165) is 36.4 Å². The maximum Gasteiger partial charge on any atom is 0.311 e. The topological polar surface area (TPSA) is 58.6 Å². The molecule has 4 atom stereocenters. The maximum absolute atomic E-state index is 12.0. The van der Waals surface area contributed by atoms with Crippen molar-refractivity contribution in [3.05, 3.63) is 101 Å². The Balaban J connectivity index is 1.35. The molecule has 34 heavy (non-hydrogen) atoms. The number of aliphatic carboxylic acids is 1. The summed E-state index contributed by atoms with van der Waals surface area (Å²) in [4.78, 5) is 12.0. The van der Waals surface area contributed by atoms with Crippen LogP contribution < -0.4 is 10.1 Å². The molecule has 0 fully saturated rings. The quantitative estimate of drug-likeness (QED) is 0.474. The second-order valence-corrected chi connectivity index (χ2v) is 9.52. The fourth-order valence-corrected chi connectivity index (χ4v) is 5.66. The molecule has 4 nitrogen and oxygen atoms in total. The summed E-state index contributed by atoms with van der Waals surface area (Å²) in [7, 11) is 0. The van der Waals surface area contributed by atoms with E-state index in [2.05, 4.69) is 59.9 Å². The van der Waals surface area contributed by atoms with Crippen LogP contribution >= 0.6 is 0 Å². The molecule has 3 aromatic rings. The first-order chi connectivity index (χ1) is 16.5. The normalized spacial score (nSPS) is 24.1. The predicted molar refractivity (Wildman–Crippen MR) is 136 cm³/mol. The third kappa shape index (κ3) is 4.26. The summed E-state index contributed by atoms with van der Waals surface area (Å²) in [5.74, 6) is -0.223. The van der Waals surface area contributed by atoms with Crippen LogP contribution in [0, 0.1) is 11.8 Å². The van der Waals surface area contributed by atoms with Gasteiger partial charge in [0.2, 0.25) is 0 Å². The molecule has 1 aliphatic heterocycles. The first kappa shape index (κ1) is 22.4. The van der Waals surface area contributed by atoms with Crippen LogP contribution in [0.5, 0.6) is 5.75 Å². The van der Waals surface area contributed by atoms with Gasteiger partial charge in [0, 0.05) is 24.6 Å². The number of allylic oxidation sites excluding steroid dienone is 3. The van der Waals surface area contributed by atoms with Crippen molar-refractivity contribution in [1.29, 1.82) is 0 Å². The summed E-state index contributed by atoms with van der Waals surface area (Å²) < 4.78 is 6.39. The van der Waals surface area contributed by atoms with Gasteiger partial charge in [0.15, 0.2) is 0 Å². The van der Waals surface area contributed by atoms with Gasteiger partial charge in [0.25, 0.3) is 0 Å². The van der Waals surface area contributed by atoms with E-state index in [1.807, 2.05) is 38.1 Å². The summed E-state index contributed by atoms with van der Waals surface area (Å²) in [6.45, 7) is 5.47. The maximum atomic E-state index is 12.0. The number of nitrogens with one attached hydrogen (secondary N) is 1. The van der Waals surface area contributed by atoms with Crippen molar-refractivity contribution < 1.29 is 14.6 Å². The Morgan fingerprint density at radius 1 is 1.03 bits per heavy atom. The van der Waals surface area contributed by atoms with E-state index in [-0.39, 0.29) is 17.9 Å². The molecule has 2 N–H and O–H groups in total. The van der Waals surface area contributed by atoms with Gasteiger partial charge in [0.1, 0.15) is 11.9 Å². The van der Waals surface area contributed by atoms with Gasteiger partial charge in [-0.25, -0.2) is 0 Å². The van der Waals surface area contributed by atoms with Gasteiger partial charge in [-0.05, 0) is 41.7 Å². The van der Waals surface area contributed by atoms with Crippen molar-refractivity contribution in [3.8, 4) is 5.75 Å². The van der Waals surface area contributed by atoms with Gasteiger partial charge in [0.05, 0.1) is 5.92 Å². The molecule has 0 saturated carbocycles. The third-order valence-electron chi connectivity index (χ3n) is 7.38. The first-order valence-corrected chi connectivity index (χ1v) is 12.1. The first-order valence-electron chi connectivity index (χ1n) is 12.1. The van der Waals surface area contributed by atoms with Crippen molar-refractivity contribution in [2.24, 2.45) is 11.8 Å². The summed E-state index contributed by atoms with van der Waals surface area (Å²) in [5, 5.41) is 16.0. The highest BCUT2D eigenvalue weighted by molar-refractivity contribution is 5.85.